The van der Waals surface area contributed by atoms with Crippen LogP contribution < -0.4 is 0 Å². The third kappa shape index (κ3) is 4.30. The first kappa shape index (κ1) is 21.8. The second-order valence-electron chi connectivity index (χ2n) is 8.31. The number of rotatable bonds is 5. The van der Waals surface area contributed by atoms with Crippen molar-refractivity contribution in [2.75, 3.05) is 26.2 Å². The molecule has 1 aliphatic rings. The van der Waals surface area contributed by atoms with Gasteiger partial charge in [-0.3, -0.25) is 14.4 Å². The number of fused-ring (bicyclic) bond motifs is 1. The lowest BCUT2D eigenvalue weighted by atomic mass is 10.1. The lowest BCUT2D eigenvalue weighted by Crippen LogP contribution is -2.48. The highest BCUT2D eigenvalue weighted by molar-refractivity contribution is 9.10. The zero-order valence-electron chi connectivity index (χ0n) is 18.8. The maximum absolute atomic E-state index is 13.2. The number of aromatic nitrogens is 5. The SMILES string of the molecule is CCn1cc(Br)c(-c2ccnc3cc(C(=O)N4CCN(Cc5ccccc5C)CC4)nn23)n1. The molecule has 1 fully saturated rings. The van der Waals surface area contributed by atoms with E-state index in [1.807, 2.05) is 28.8 Å². The minimum absolute atomic E-state index is 0.0554. The summed E-state index contributed by atoms with van der Waals surface area (Å²) in [6.45, 7) is 8.93. The van der Waals surface area contributed by atoms with E-state index in [1.54, 1.807) is 16.8 Å². The Morgan fingerprint density at radius 3 is 2.61 bits per heavy atom. The quantitative estimate of drug-likeness (QED) is 0.412. The van der Waals surface area contributed by atoms with E-state index < -0.39 is 0 Å². The smallest absolute Gasteiger partial charge is 0.274 e. The van der Waals surface area contributed by atoms with E-state index in [4.69, 9.17) is 0 Å². The van der Waals surface area contributed by atoms with Crippen molar-refractivity contribution in [1.29, 1.82) is 0 Å². The number of hydrogen-bond acceptors (Lipinski definition) is 5. The molecule has 1 aliphatic heterocycles. The summed E-state index contributed by atoms with van der Waals surface area (Å²) in [4.78, 5) is 21.9. The van der Waals surface area contributed by atoms with Crippen LogP contribution in [0.4, 0.5) is 0 Å². The van der Waals surface area contributed by atoms with E-state index >= 15 is 0 Å². The van der Waals surface area contributed by atoms with E-state index in [0.29, 0.717) is 24.4 Å². The van der Waals surface area contributed by atoms with Crippen LogP contribution in [0.5, 0.6) is 0 Å². The van der Waals surface area contributed by atoms with Gasteiger partial charge in [0, 0.05) is 57.7 Å². The van der Waals surface area contributed by atoms with Crippen molar-refractivity contribution in [3.63, 3.8) is 0 Å². The molecule has 170 valence electrons. The van der Waals surface area contributed by atoms with Crippen molar-refractivity contribution in [3.05, 3.63) is 70.1 Å². The molecule has 1 saturated heterocycles. The highest BCUT2D eigenvalue weighted by atomic mass is 79.9. The summed E-state index contributed by atoms with van der Waals surface area (Å²) in [6, 6.07) is 12.1. The lowest BCUT2D eigenvalue weighted by Gasteiger charge is -2.34. The van der Waals surface area contributed by atoms with Crippen molar-refractivity contribution in [2.24, 2.45) is 0 Å². The first-order valence-corrected chi connectivity index (χ1v) is 12.0. The van der Waals surface area contributed by atoms with Crippen LogP contribution >= 0.6 is 15.9 Å². The van der Waals surface area contributed by atoms with Crippen LogP contribution in [0.2, 0.25) is 0 Å². The Balaban J connectivity index is 1.32. The normalized spacial score (nSPS) is 14.8. The first-order valence-electron chi connectivity index (χ1n) is 11.2. The van der Waals surface area contributed by atoms with Gasteiger partial charge in [0.1, 0.15) is 5.69 Å². The van der Waals surface area contributed by atoms with Gasteiger partial charge in [0.2, 0.25) is 0 Å². The number of piperazine rings is 1. The molecule has 5 rings (SSSR count). The summed E-state index contributed by atoms with van der Waals surface area (Å²) in [7, 11) is 0. The molecule has 0 saturated carbocycles. The maximum Gasteiger partial charge on any atom is 0.274 e. The first-order chi connectivity index (χ1) is 16.0. The van der Waals surface area contributed by atoms with E-state index in [2.05, 4.69) is 67.2 Å². The molecule has 9 heteroatoms. The van der Waals surface area contributed by atoms with Gasteiger partial charge in [0.25, 0.3) is 5.91 Å². The zero-order valence-corrected chi connectivity index (χ0v) is 20.4. The molecule has 4 heterocycles. The Bertz CT molecular complexity index is 1300. The second-order valence-corrected chi connectivity index (χ2v) is 9.16. The predicted octanol–water partition coefficient (Wildman–Crippen LogP) is 3.64. The molecule has 1 amide bonds. The number of carbonyl (C=O) groups excluding carboxylic acids is 1. The van der Waals surface area contributed by atoms with Gasteiger partial charge < -0.3 is 4.90 Å². The molecule has 0 radical (unpaired) electrons. The van der Waals surface area contributed by atoms with Crippen molar-refractivity contribution in [3.8, 4) is 11.4 Å². The summed E-state index contributed by atoms with van der Waals surface area (Å²) in [5.74, 6) is -0.0554. The lowest BCUT2D eigenvalue weighted by molar-refractivity contribution is 0.0622. The van der Waals surface area contributed by atoms with E-state index in [9.17, 15) is 4.79 Å². The number of hydrogen-bond donors (Lipinski definition) is 0. The third-order valence-electron chi connectivity index (χ3n) is 6.18. The fourth-order valence-corrected chi connectivity index (χ4v) is 4.73. The molecule has 0 N–H and O–H groups in total. The van der Waals surface area contributed by atoms with Crippen LogP contribution in [0.1, 0.15) is 28.5 Å². The molecule has 4 aromatic rings. The maximum atomic E-state index is 13.2. The molecule has 0 atom stereocenters. The number of halogens is 1. The molecule has 33 heavy (non-hydrogen) atoms. The molecule has 8 nitrogen and oxygen atoms in total. The van der Waals surface area contributed by atoms with Crippen molar-refractivity contribution >= 4 is 27.5 Å². The molecular formula is C24H26BrN7O. The average molecular weight is 508 g/mol. The van der Waals surface area contributed by atoms with Crippen LogP contribution in [-0.2, 0) is 13.1 Å². The Labute approximate surface area is 201 Å². The summed E-state index contributed by atoms with van der Waals surface area (Å²) in [6.07, 6.45) is 3.66. The highest BCUT2D eigenvalue weighted by Gasteiger charge is 2.25. The van der Waals surface area contributed by atoms with E-state index in [1.165, 1.54) is 11.1 Å². The number of aryl methyl sites for hydroxylation is 2. The standard InChI is InChI=1S/C24H26BrN7O/c1-3-31-16-19(25)23(28-31)21-8-9-26-22-14-20(27-32(21)22)24(33)30-12-10-29(11-13-30)15-18-7-5-4-6-17(18)2/h4-9,14,16H,3,10-13,15H2,1-2H3. The molecule has 1 aromatic carbocycles. The van der Waals surface area contributed by atoms with Gasteiger partial charge in [0.15, 0.2) is 11.3 Å². The average Bonchev–Trinajstić information content (AvgIpc) is 3.44. The largest absolute Gasteiger partial charge is 0.335 e. The predicted molar refractivity (Wildman–Crippen MR) is 130 cm³/mol. The van der Waals surface area contributed by atoms with Gasteiger partial charge in [-0.15, -0.1) is 0 Å². The van der Waals surface area contributed by atoms with Crippen LogP contribution in [-0.4, -0.2) is 66.3 Å². The number of nitrogens with zero attached hydrogens (tertiary/aromatic N) is 7. The summed E-state index contributed by atoms with van der Waals surface area (Å²) in [5.41, 5.74) is 5.25. The fraction of sp³-hybridized carbons (Fsp3) is 0.333. The monoisotopic (exact) mass is 507 g/mol. The third-order valence-corrected chi connectivity index (χ3v) is 6.76. The van der Waals surface area contributed by atoms with Crippen molar-refractivity contribution < 1.29 is 4.79 Å². The van der Waals surface area contributed by atoms with Gasteiger partial charge >= 0.3 is 0 Å². The summed E-state index contributed by atoms with van der Waals surface area (Å²) < 4.78 is 4.44. The summed E-state index contributed by atoms with van der Waals surface area (Å²) in [5, 5.41) is 9.24. The Morgan fingerprint density at radius 2 is 1.88 bits per heavy atom. The number of benzene rings is 1. The van der Waals surface area contributed by atoms with Gasteiger partial charge in [-0.05, 0) is 47.0 Å². The van der Waals surface area contributed by atoms with Crippen LogP contribution in [0.3, 0.4) is 0 Å². The number of carbonyl (C=O) groups is 1. The Hall–Kier alpha value is -3.04. The van der Waals surface area contributed by atoms with Gasteiger partial charge in [-0.1, -0.05) is 24.3 Å². The van der Waals surface area contributed by atoms with Gasteiger partial charge in [-0.2, -0.15) is 10.2 Å². The van der Waals surface area contributed by atoms with Gasteiger partial charge in [0.05, 0.1) is 10.2 Å². The molecular weight excluding hydrogens is 482 g/mol. The molecule has 0 aliphatic carbocycles. The number of amides is 1. The highest BCUT2D eigenvalue weighted by Crippen LogP contribution is 2.27. The Kier molecular flexibility index (Phi) is 5.99. The minimum Gasteiger partial charge on any atom is -0.335 e. The summed E-state index contributed by atoms with van der Waals surface area (Å²) >= 11 is 3.59. The minimum atomic E-state index is -0.0554. The molecule has 0 unspecified atom stereocenters. The van der Waals surface area contributed by atoms with Crippen LogP contribution in [0.15, 0.2) is 53.3 Å². The fourth-order valence-electron chi connectivity index (χ4n) is 4.21. The van der Waals surface area contributed by atoms with E-state index in [-0.39, 0.29) is 5.91 Å². The Morgan fingerprint density at radius 1 is 1.09 bits per heavy atom. The topological polar surface area (TPSA) is 71.6 Å². The van der Waals surface area contributed by atoms with Crippen LogP contribution in [0.25, 0.3) is 17.0 Å². The van der Waals surface area contributed by atoms with Crippen LogP contribution in [0, 0.1) is 6.92 Å². The molecule has 3 aromatic heterocycles. The molecule has 0 spiro atoms. The van der Waals surface area contributed by atoms with Gasteiger partial charge in [-0.25, -0.2) is 9.50 Å². The van der Waals surface area contributed by atoms with Crippen molar-refractivity contribution in [1.82, 2.24) is 34.2 Å². The molecule has 0 bridgehead atoms. The van der Waals surface area contributed by atoms with E-state index in [0.717, 1.165) is 42.0 Å². The second kappa shape index (κ2) is 9.07. The zero-order chi connectivity index (χ0) is 22.9. The van der Waals surface area contributed by atoms with Crippen molar-refractivity contribution in [2.45, 2.75) is 26.9 Å².